The zero-order valence-electron chi connectivity index (χ0n) is 16.4. The van der Waals surface area contributed by atoms with Crippen molar-refractivity contribution >= 4 is 39.3 Å². The number of amides is 1. The minimum atomic E-state index is 0.0135. The maximum absolute atomic E-state index is 12.1. The summed E-state index contributed by atoms with van der Waals surface area (Å²) in [7, 11) is 0. The van der Waals surface area contributed by atoms with Gasteiger partial charge in [-0.1, -0.05) is 73.2 Å². The van der Waals surface area contributed by atoms with Gasteiger partial charge in [0.15, 0.2) is 5.13 Å². The van der Waals surface area contributed by atoms with Gasteiger partial charge < -0.3 is 5.32 Å². The molecule has 0 unspecified atom stereocenters. The van der Waals surface area contributed by atoms with Crippen molar-refractivity contribution in [3.63, 3.8) is 0 Å². The molecule has 1 aliphatic carbocycles. The normalized spacial score (nSPS) is 13.2. The van der Waals surface area contributed by atoms with Crippen LogP contribution in [0.5, 0.6) is 0 Å². The van der Waals surface area contributed by atoms with E-state index in [-0.39, 0.29) is 11.0 Å². The molecule has 0 radical (unpaired) electrons. The molecule has 1 heterocycles. The fraction of sp³-hybridized carbons (Fsp3) is 0.348. The number of allylic oxidation sites excluding steroid dienone is 3. The van der Waals surface area contributed by atoms with Crippen LogP contribution in [-0.4, -0.2) is 21.8 Å². The molecule has 0 saturated carbocycles. The first-order valence-corrected chi connectivity index (χ1v) is 11.9. The smallest absolute Gasteiger partial charge is 0.226 e. The molecule has 1 aliphatic rings. The molecule has 1 amide bonds. The third kappa shape index (κ3) is 7.29. The molecule has 0 spiro atoms. The van der Waals surface area contributed by atoms with Gasteiger partial charge in [0, 0.05) is 28.7 Å². The SMILES string of the molecule is O=C(CCCCCCSC(=O)C1=CCCC=C1)Nc1nc(-c2ccccc2)cs1. The lowest BCUT2D eigenvalue weighted by atomic mass is 10.1. The Kier molecular flexibility index (Phi) is 8.71. The molecular formula is C23H26N2O2S2. The van der Waals surface area contributed by atoms with E-state index in [4.69, 9.17) is 0 Å². The molecule has 4 nitrogen and oxygen atoms in total. The summed E-state index contributed by atoms with van der Waals surface area (Å²) in [6.07, 6.45) is 12.4. The van der Waals surface area contributed by atoms with Gasteiger partial charge >= 0.3 is 0 Å². The summed E-state index contributed by atoms with van der Waals surface area (Å²) in [5.74, 6) is 0.858. The van der Waals surface area contributed by atoms with Crippen molar-refractivity contribution in [3.8, 4) is 11.3 Å². The monoisotopic (exact) mass is 426 g/mol. The highest BCUT2D eigenvalue weighted by molar-refractivity contribution is 8.14. The largest absolute Gasteiger partial charge is 0.302 e. The third-order valence-electron chi connectivity index (χ3n) is 4.58. The van der Waals surface area contributed by atoms with Crippen molar-refractivity contribution in [2.24, 2.45) is 0 Å². The van der Waals surface area contributed by atoms with E-state index in [1.807, 2.05) is 47.9 Å². The first-order valence-electron chi connectivity index (χ1n) is 10.1. The molecule has 0 aliphatic heterocycles. The lowest BCUT2D eigenvalue weighted by molar-refractivity contribution is -0.116. The standard InChI is InChI=1S/C23H26N2O2S2/c26-21(25-23-24-20(17-29-23)18-11-5-3-6-12-18)15-9-1-2-10-16-28-22(27)19-13-7-4-8-14-19/h3,5-7,11-14,17H,1-2,4,8-10,15-16H2,(H,24,25,26). The number of nitrogens with zero attached hydrogens (tertiary/aromatic N) is 1. The van der Waals surface area contributed by atoms with Crippen molar-refractivity contribution in [1.82, 2.24) is 4.98 Å². The molecular weight excluding hydrogens is 400 g/mol. The molecule has 2 aromatic rings. The van der Waals surface area contributed by atoms with Gasteiger partial charge in [0.2, 0.25) is 11.0 Å². The van der Waals surface area contributed by atoms with Crippen molar-refractivity contribution in [2.45, 2.75) is 44.9 Å². The Hall–Kier alpha value is -2.18. The molecule has 3 rings (SSSR count). The second kappa shape index (κ2) is 11.7. The summed E-state index contributed by atoms with van der Waals surface area (Å²) in [6.45, 7) is 0. The lowest BCUT2D eigenvalue weighted by Crippen LogP contribution is -2.10. The van der Waals surface area contributed by atoms with Crippen LogP contribution >= 0.6 is 23.1 Å². The number of carbonyl (C=O) groups excluding carboxylic acids is 2. The molecule has 152 valence electrons. The number of rotatable bonds is 10. The Morgan fingerprint density at radius 1 is 1.07 bits per heavy atom. The van der Waals surface area contributed by atoms with E-state index in [1.54, 1.807) is 0 Å². The number of unbranched alkanes of at least 4 members (excludes halogenated alkanes) is 3. The first kappa shape index (κ1) is 21.5. The van der Waals surface area contributed by atoms with E-state index in [1.165, 1.54) is 23.1 Å². The number of nitrogens with one attached hydrogen (secondary N) is 1. The number of anilines is 1. The molecule has 0 saturated heterocycles. The van der Waals surface area contributed by atoms with Crippen LogP contribution in [-0.2, 0) is 9.59 Å². The number of thioether (sulfide) groups is 1. The summed E-state index contributed by atoms with van der Waals surface area (Å²) in [5.41, 5.74) is 2.78. The molecule has 1 N–H and O–H groups in total. The average molecular weight is 427 g/mol. The van der Waals surface area contributed by atoms with E-state index < -0.39 is 0 Å². The van der Waals surface area contributed by atoms with E-state index in [9.17, 15) is 9.59 Å². The maximum Gasteiger partial charge on any atom is 0.226 e. The van der Waals surface area contributed by atoms with Crippen LogP contribution in [0.3, 0.4) is 0 Å². The van der Waals surface area contributed by atoms with Gasteiger partial charge in [-0.15, -0.1) is 11.3 Å². The van der Waals surface area contributed by atoms with Crippen molar-refractivity contribution < 1.29 is 9.59 Å². The van der Waals surface area contributed by atoms with E-state index in [0.29, 0.717) is 11.6 Å². The Bertz CT molecular complexity index is 872. The summed E-state index contributed by atoms with van der Waals surface area (Å²) in [6, 6.07) is 9.95. The molecule has 0 fully saturated rings. The number of hydrogen-bond acceptors (Lipinski definition) is 5. The number of carbonyl (C=O) groups is 2. The zero-order chi connectivity index (χ0) is 20.3. The number of thiazole rings is 1. The van der Waals surface area contributed by atoms with Crippen molar-refractivity contribution in [2.75, 3.05) is 11.1 Å². The maximum atomic E-state index is 12.1. The number of hydrogen-bond donors (Lipinski definition) is 1. The highest BCUT2D eigenvalue weighted by Crippen LogP contribution is 2.25. The van der Waals surface area contributed by atoms with Gasteiger partial charge in [0.1, 0.15) is 0 Å². The van der Waals surface area contributed by atoms with E-state index in [0.717, 1.165) is 61.1 Å². The fourth-order valence-electron chi connectivity index (χ4n) is 3.01. The molecule has 29 heavy (non-hydrogen) atoms. The molecule has 0 atom stereocenters. The Balaban J connectivity index is 1.26. The first-order chi connectivity index (χ1) is 14.2. The van der Waals surface area contributed by atoms with E-state index >= 15 is 0 Å². The minimum absolute atomic E-state index is 0.0135. The molecule has 0 bridgehead atoms. The fourth-order valence-corrected chi connectivity index (χ4v) is 4.60. The highest BCUT2D eigenvalue weighted by atomic mass is 32.2. The third-order valence-corrected chi connectivity index (χ3v) is 6.33. The number of benzene rings is 1. The zero-order valence-corrected chi connectivity index (χ0v) is 18.1. The molecule has 6 heteroatoms. The van der Waals surface area contributed by atoms with Crippen LogP contribution in [0.1, 0.15) is 44.9 Å². The van der Waals surface area contributed by atoms with Gasteiger partial charge in [0.25, 0.3) is 0 Å². The van der Waals surface area contributed by atoms with Gasteiger partial charge in [-0.25, -0.2) is 4.98 Å². The van der Waals surface area contributed by atoms with Gasteiger partial charge in [-0.2, -0.15) is 0 Å². The summed E-state index contributed by atoms with van der Waals surface area (Å²) in [5, 5.41) is 5.68. The molecule has 1 aromatic heterocycles. The number of aromatic nitrogens is 1. The summed E-state index contributed by atoms with van der Waals surface area (Å²) >= 11 is 2.86. The minimum Gasteiger partial charge on any atom is -0.302 e. The van der Waals surface area contributed by atoms with Crippen LogP contribution in [0, 0.1) is 0 Å². The second-order valence-electron chi connectivity index (χ2n) is 6.89. The Morgan fingerprint density at radius 3 is 2.69 bits per heavy atom. The average Bonchev–Trinajstić information content (AvgIpc) is 3.22. The van der Waals surface area contributed by atoms with Gasteiger partial charge in [-0.3, -0.25) is 9.59 Å². The van der Waals surface area contributed by atoms with Crippen molar-refractivity contribution in [3.05, 3.63) is 59.5 Å². The summed E-state index contributed by atoms with van der Waals surface area (Å²) < 4.78 is 0. The summed E-state index contributed by atoms with van der Waals surface area (Å²) in [4.78, 5) is 28.6. The second-order valence-corrected chi connectivity index (χ2v) is 8.82. The van der Waals surface area contributed by atoms with Crippen LogP contribution in [0.15, 0.2) is 59.5 Å². The predicted octanol–water partition coefficient (Wildman–Crippen LogP) is 6.24. The van der Waals surface area contributed by atoms with Gasteiger partial charge in [-0.05, 0) is 25.7 Å². The topological polar surface area (TPSA) is 59.1 Å². The lowest BCUT2D eigenvalue weighted by Gasteiger charge is -2.05. The molecule has 1 aromatic carbocycles. The predicted molar refractivity (Wildman–Crippen MR) is 123 cm³/mol. The Labute approximate surface area is 180 Å². The van der Waals surface area contributed by atoms with Crippen LogP contribution in [0.4, 0.5) is 5.13 Å². The van der Waals surface area contributed by atoms with Gasteiger partial charge in [0.05, 0.1) is 5.69 Å². The highest BCUT2D eigenvalue weighted by Gasteiger charge is 2.10. The Morgan fingerprint density at radius 2 is 1.90 bits per heavy atom. The van der Waals surface area contributed by atoms with Crippen LogP contribution < -0.4 is 5.32 Å². The van der Waals surface area contributed by atoms with Crippen molar-refractivity contribution in [1.29, 1.82) is 0 Å². The van der Waals surface area contributed by atoms with E-state index in [2.05, 4.69) is 16.4 Å². The quantitative estimate of drug-likeness (QED) is 0.457. The van der Waals surface area contributed by atoms with Crippen LogP contribution in [0.2, 0.25) is 0 Å². The van der Waals surface area contributed by atoms with Crippen LogP contribution in [0.25, 0.3) is 11.3 Å².